The maximum absolute atomic E-state index is 12.5. The third-order valence-corrected chi connectivity index (χ3v) is 4.99. The van der Waals surface area contributed by atoms with Gasteiger partial charge in [-0.2, -0.15) is 0 Å². The summed E-state index contributed by atoms with van der Waals surface area (Å²) in [6.45, 7) is 9.63. The molecule has 0 bridgehead atoms. The highest BCUT2D eigenvalue weighted by Crippen LogP contribution is 2.22. The molecule has 0 spiro atoms. The van der Waals surface area contributed by atoms with Gasteiger partial charge < -0.3 is 15.4 Å². The summed E-state index contributed by atoms with van der Waals surface area (Å²) in [6.07, 6.45) is 1.44. The van der Waals surface area contributed by atoms with Crippen LogP contribution in [0.5, 0.6) is 0 Å². The molecule has 2 N–H and O–H groups in total. The third kappa shape index (κ3) is 4.79. The number of hydrogen-bond acceptors (Lipinski definition) is 4. The molecule has 2 rings (SSSR count). The Labute approximate surface area is 145 Å². The predicted molar refractivity (Wildman–Crippen MR) is 96.8 cm³/mol. The quantitative estimate of drug-likeness (QED) is 0.763. The largest absolute Gasteiger partial charge is 0.368 e. The van der Waals surface area contributed by atoms with E-state index in [1.165, 1.54) is 5.56 Å². The van der Waals surface area contributed by atoms with Gasteiger partial charge in [0.05, 0.1) is 0 Å². The second-order valence-corrected chi connectivity index (χ2v) is 6.41. The van der Waals surface area contributed by atoms with Gasteiger partial charge in [0.1, 0.15) is 5.60 Å². The van der Waals surface area contributed by atoms with Gasteiger partial charge in [-0.1, -0.05) is 38.1 Å². The number of nitrogens with one attached hydrogen (secondary N) is 2. The number of hydrogen-bond donors (Lipinski definition) is 2. The van der Waals surface area contributed by atoms with Crippen molar-refractivity contribution >= 4 is 5.91 Å². The minimum absolute atomic E-state index is 0.00119. The van der Waals surface area contributed by atoms with Crippen LogP contribution in [-0.4, -0.2) is 49.7 Å². The number of carbonyl (C=O) groups is 1. The first-order valence-electron chi connectivity index (χ1n) is 8.98. The summed E-state index contributed by atoms with van der Waals surface area (Å²) in [7, 11) is 1.63. The van der Waals surface area contributed by atoms with Crippen molar-refractivity contribution in [3.8, 4) is 0 Å². The summed E-state index contributed by atoms with van der Waals surface area (Å²) in [5.41, 5.74) is 1.75. The second kappa shape index (κ2) is 9.16. The number of benzene rings is 1. The van der Waals surface area contributed by atoms with Gasteiger partial charge in [0.15, 0.2) is 0 Å². The third-order valence-electron chi connectivity index (χ3n) is 4.99. The Morgan fingerprint density at radius 3 is 2.29 bits per heavy atom. The average molecular weight is 333 g/mol. The molecule has 134 valence electrons. The van der Waals surface area contributed by atoms with Crippen LogP contribution in [0.1, 0.15) is 37.8 Å². The highest BCUT2D eigenvalue weighted by Gasteiger charge is 2.39. The minimum Gasteiger partial charge on any atom is -0.368 e. The molecule has 1 amide bonds. The summed E-state index contributed by atoms with van der Waals surface area (Å²) >= 11 is 0. The molecule has 1 aliphatic heterocycles. The van der Waals surface area contributed by atoms with Gasteiger partial charge in [0.2, 0.25) is 0 Å². The van der Waals surface area contributed by atoms with Gasteiger partial charge in [0.25, 0.3) is 5.91 Å². The zero-order valence-electron chi connectivity index (χ0n) is 15.2. The molecule has 5 nitrogen and oxygen atoms in total. The van der Waals surface area contributed by atoms with Crippen LogP contribution < -0.4 is 10.6 Å². The van der Waals surface area contributed by atoms with E-state index in [2.05, 4.69) is 53.6 Å². The summed E-state index contributed by atoms with van der Waals surface area (Å²) in [6, 6.07) is 8.49. The van der Waals surface area contributed by atoms with Crippen molar-refractivity contribution in [3.63, 3.8) is 0 Å². The van der Waals surface area contributed by atoms with E-state index in [9.17, 15) is 4.79 Å². The summed E-state index contributed by atoms with van der Waals surface area (Å²) in [4.78, 5) is 14.9. The Hall–Kier alpha value is -1.43. The van der Waals surface area contributed by atoms with E-state index >= 15 is 0 Å². The molecule has 1 saturated heterocycles. The molecular formula is C19H31N3O2. The molecule has 0 unspecified atom stereocenters. The Morgan fingerprint density at radius 1 is 1.17 bits per heavy atom. The van der Waals surface area contributed by atoms with Crippen LogP contribution in [0.15, 0.2) is 24.3 Å². The molecule has 0 atom stereocenters. The van der Waals surface area contributed by atoms with Crippen LogP contribution in [0, 0.1) is 0 Å². The van der Waals surface area contributed by atoms with Gasteiger partial charge in [-0.05, 0) is 50.1 Å². The molecule has 1 fully saturated rings. The average Bonchev–Trinajstić information content (AvgIpc) is 2.65. The van der Waals surface area contributed by atoms with Gasteiger partial charge in [-0.3, -0.25) is 9.69 Å². The van der Waals surface area contributed by atoms with Crippen LogP contribution in [0.25, 0.3) is 0 Å². The fourth-order valence-electron chi connectivity index (χ4n) is 3.17. The van der Waals surface area contributed by atoms with Crippen molar-refractivity contribution in [1.29, 1.82) is 0 Å². The van der Waals surface area contributed by atoms with E-state index in [-0.39, 0.29) is 5.91 Å². The predicted octanol–water partition coefficient (Wildman–Crippen LogP) is 1.91. The fourth-order valence-corrected chi connectivity index (χ4v) is 3.17. The van der Waals surface area contributed by atoms with E-state index in [0.717, 1.165) is 51.1 Å². The maximum atomic E-state index is 12.5. The number of amides is 1. The van der Waals surface area contributed by atoms with Crippen LogP contribution in [0.3, 0.4) is 0 Å². The monoisotopic (exact) mass is 333 g/mol. The van der Waals surface area contributed by atoms with Crippen molar-refractivity contribution in [3.05, 3.63) is 35.4 Å². The van der Waals surface area contributed by atoms with Crippen molar-refractivity contribution < 1.29 is 9.53 Å². The van der Waals surface area contributed by atoms with E-state index < -0.39 is 5.60 Å². The molecule has 0 aliphatic carbocycles. The zero-order chi connectivity index (χ0) is 17.4. The zero-order valence-corrected chi connectivity index (χ0v) is 15.2. The normalized spacial score (nSPS) is 17.0. The lowest BCUT2D eigenvalue weighted by atomic mass is 9.91. The molecule has 24 heavy (non-hydrogen) atoms. The van der Waals surface area contributed by atoms with Gasteiger partial charge >= 0.3 is 0 Å². The lowest BCUT2D eigenvalue weighted by Gasteiger charge is -2.34. The van der Waals surface area contributed by atoms with Gasteiger partial charge in [-0.25, -0.2) is 0 Å². The smallest absolute Gasteiger partial charge is 0.252 e. The molecular weight excluding hydrogens is 302 g/mol. The first kappa shape index (κ1) is 18.9. The van der Waals surface area contributed by atoms with Crippen LogP contribution in [-0.2, 0) is 22.6 Å². The number of carbonyl (C=O) groups excluding carboxylic acids is 1. The van der Waals surface area contributed by atoms with Crippen molar-refractivity contribution in [2.24, 2.45) is 0 Å². The van der Waals surface area contributed by atoms with E-state index in [1.54, 1.807) is 7.11 Å². The van der Waals surface area contributed by atoms with Crippen LogP contribution in [0.4, 0.5) is 0 Å². The van der Waals surface area contributed by atoms with Crippen LogP contribution >= 0.6 is 0 Å². The molecule has 0 aromatic heterocycles. The second-order valence-electron chi connectivity index (χ2n) is 6.41. The number of ether oxygens (including phenoxy) is 1. The molecule has 5 heteroatoms. The lowest BCUT2D eigenvalue weighted by molar-refractivity contribution is -0.146. The molecule has 1 aromatic rings. The summed E-state index contributed by atoms with van der Waals surface area (Å²) < 4.78 is 5.56. The van der Waals surface area contributed by atoms with Crippen molar-refractivity contribution in [2.45, 2.75) is 45.4 Å². The van der Waals surface area contributed by atoms with E-state index in [1.807, 2.05) is 0 Å². The van der Waals surface area contributed by atoms with Crippen molar-refractivity contribution in [1.82, 2.24) is 15.5 Å². The first-order valence-corrected chi connectivity index (χ1v) is 8.98. The number of methoxy groups -OCH3 is 1. The molecule has 0 saturated carbocycles. The number of piperidine rings is 1. The molecule has 1 aromatic carbocycles. The van der Waals surface area contributed by atoms with Gasteiger partial charge in [0, 0.05) is 20.2 Å². The van der Waals surface area contributed by atoms with Gasteiger partial charge in [-0.15, -0.1) is 0 Å². The first-order chi connectivity index (χ1) is 11.6. The number of rotatable bonds is 8. The van der Waals surface area contributed by atoms with E-state index in [4.69, 9.17) is 4.74 Å². The van der Waals surface area contributed by atoms with Crippen molar-refractivity contribution in [2.75, 3.05) is 33.3 Å². The standard InChI is InChI=1S/C19H31N3O2/c1-4-22(5-2)15-17-8-6-16(7-9-17)14-21-18(23)19(24-3)10-12-20-13-11-19/h6-9,20H,4-5,10-15H2,1-3H3,(H,21,23). The maximum Gasteiger partial charge on any atom is 0.252 e. The summed E-state index contributed by atoms with van der Waals surface area (Å²) in [5, 5.41) is 6.31. The Bertz CT molecular complexity index is 506. The Morgan fingerprint density at radius 2 is 1.75 bits per heavy atom. The van der Waals surface area contributed by atoms with E-state index in [0.29, 0.717) is 6.54 Å². The molecule has 0 radical (unpaired) electrons. The minimum atomic E-state index is -0.673. The highest BCUT2D eigenvalue weighted by atomic mass is 16.5. The fraction of sp³-hybridized carbons (Fsp3) is 0.632. The number of nitrogens with zero attached hydrogens (tertiary/aromatic N) is 1. The Kier molecular flexibility index (Phi) is 7.21. The lowest BCUT2D eigenvalue weighted by Crippen LogP contribution is -2.53. The molecule has 1 aliphatic rings. The Balaban J connectivity index is 1.88. The topological polar surface area (TPSA) is 53.6 Å². The van der Waals surface area contributed by atoms with Crippen LogP contribution in [0.2, 0.25) is 0 Å². The summed E-state index contributed by atoms with van der Waals surface area (Å²) in [5.74, 6) is -0.00119. The highest BCUT2D eigenvalue weighted by molar-refractivity contribution is 5.85. The SMILES string of the molecule is CCN(CC)Cc1ccc(CNC(=O)C2(OC)CCNCC2)cc1. The molecule has 1 heterocycles.